The first kappa shape index (κ1) is 14.6. The molecule has 2 aliphatic heterocycles. The highest BCUT2D eigenvalue weighted by molar-refractivity contribution is 6.55. The second kappa shape index (κ2) is 4.92. The molecule has 0 radical (unpaired) electrons. The summed E-state index contributed by atoms with van der Waals surface area (Å²) in [6.45, 7) is 8.71. The predicted octanol–water partition coefficient (Wildman–Crippen LogP) is 1.51. The standard InChI is InChI=1S/C13H21BO5/c1-6-13(4)12(2,3)18-14(19-13)10-8-17-7-9(10)11(15)16-5/h6-8H2,1-5H3. The maximum atomic E-state index is 11.7. The van der Waals surface area contributed by atoms with Gasteiger partial charge in [-0.2, -0.15) is 0 Å². The van der Waals surface area contributed by atoms with Crippen LogP contribution in [0.5, 0.6) is 0 Å². The van der Waals surface area contributed by atoms with E-state index in [0.29, 0.717) is 12.2 Å². The van der Waals surface area contributed by atoms with Crippen molar-refractivity contribution in [3.8, 4) is 0 Å². The van der Waals surface area contributed by atoms with Crippen LogP contribution in [0.25, 0.3) is 0 Å². The van der Waals surface area contributed by atoms with E-state index in [9.17, 15) is 4.79 Å². The minimum atomic E-state index is -0.531. The topological polar surface area (TPSA) is 54.0 Å². The van der Waals surface area contributed by atoms with Crippen LogP contribution in [-0.4, -0.2) is 44.6 Å². The summed E-state index contributed by atoms with van der Waals surface area (Å²) >= 11 is 0. The van der Waals surface area contributed by atoms with Crippen molar-refractivity contribution in [2.45, 2.75) is 45.3 Å². The molecule has 1 saturated heterocycles. The van der Waals surface area contributed by atoms with Gasteiger partial charge in [-0.25, -0.2) is 4.79 Å². The Kier molecular flexibility index (Phi) is 3.77. The number of hydrogen-bond donors (Lipinski definition) is 0. The van der Waals surface area contributed by atoms with E-state index in [1.54, 1.807) is 0 Å². The number of rotatable bonds is 3. The van der Waals surface area contributed by atoms with Gasteiger partial charge in [-0.05, 0) is 32.7 Å². The lowest BCUT2D eigenvalue weighted by Crippen LogP contribution is -2.44. The normalized spacial score (nSPS) is 30.1. The number of esters is 1. The Balaban J connectivity index is 2.27. The van der Waals surface area contributed by atoms with Crippen molar-refractivity contribution >= 4 is 13.1 Å². The molecule has 2 heterocycles. The monoisotopic (exact) mass is 268 g/mol. The largest absolute Gasteiger partial charge is 0.493 e. The van der Waals surface area contributed by atoms with Gasteiger partial charge in [0.25, 0.3) is 0 Å². The van der Waals surface area contributed by atoms with Crippen molar-refractivity contribution in [3.05, 3.63) is 11.0 Å². The molecule has 19 heavy (non-hydrogen) atoms. The molecule has 5 nitrogen and oxygen atoms in total. The zero-order valence-electron chi connectivity index (χ0n) is 12.2. The lowest BCUT2D eigenvalue weighted by atomic mass is 9.76. The van der Waals surface area contributed by atoms with Crippen molar-refractivity contribution < 1.29 is 23.6 Å². The van der Waals surface area contributed by atoms with Gasteiger partial charge in [0.1, 0.15) is 0 Å². The Labute approximate surface area is 114 Å². The van der Waals surface area contributed by atoms with Crippen LogP contribution < -0.4 is 0 Å². The van der Waals surface area contributed by atoms with Crippen LogP contribution in [0.2, 0.25) is 0 Å². The molecule has 1 atom stereocenters. The lowest BCUT2D eigenvalue weighted by molar-refractivity contribution is -0.136. The molecule has 0 saturated carbocycles. The predicted molar refractivity (Wildman–Crippen MR) is 70.6 cm³/mol. The average Bonchev–Trinajstić information content (AvgIpc) is 2.92. The highest BCUT2D eigenvalue weighted by atomic mass is 16.7. The van der Waals surface area contributed by atoms with Gasteiger partial charge in [0.15, 0.2) is 0 Å². The number of methoxy groups -OCH3 is 1. The van der Waals surface area contributed by atoms with Crippen LogP contribution in [0.15, 0.2) is 11.0 Å². The van der Waals surface area contributed by atoms with Gasteiger partial charge >= 0.3 is 13.1 Å². The summed E-state index contributed by atoms with van der Waals surface area (Å²) in [5.41, 5.74) is 0.471. The molecule has 2 aliphatic rings. The van der Waals surface area contributed by atoms with E-state index >= 15 is 0 Å². The molecule has 0 aromatic heterocycles. The molecule has 1 fully saturated rings. The average molecular weight is 268 g/mol. The van der Waals surface area contributed by atoms with Crippen LogP contribution in [0.4, 0.5) is 0 Å². The quantitative estimate of drug-likeness (QED) is 0.573. The fourth-order valence-electron chi connectivity index (χ4n) is 2.41. The molecule has 0 aromatic carbocycles. The third kappa shape index (κ3) is 2.33. The smallest absolute Gasteiger partial charge is 0.466 e. The summed E-state index contributed by atoms with van der Waals surface area (Å²) in [4.78, 5) is 11.7. The van der Waals surface area contributed by atoms with E-state index in [1.165, 1.54) is 7.11 Å². The third-order valence-corrected chi connectivity index (χ3v) is 4.32. The molecule has 6 heteroatoms. The van der Waals surface area contributed by atoms with Crippen LogP contribution in [-0.2, 0) is 23.6 Å². The second-order valence-corrected chi connectivity index (χ2v) is 5.65. The molecular weight excluding hydrogens is 247 g/mol. The molecule has 106 valence electrons. The fourth-order valence-corrected chi connectivity index (χ4v) is 2.41. The van der Waals surface area contributed by atoms with Crippen LogP contribution in [0.1, 0.15) is 34.1 Å². The molecule has 0 bridgehead atoms. The summed E-state index contributed by atoms with van der Waals surface area (Å²) in [5, 5.41) is 0. The number of ether oxygens (including phenoxy) is 2. The van der Waals surface area contributed by atoms with E-state index < -0.39 is 12.7 Å². The van der Waals surface area contributed by atoms with Crippen LogP contribution in [0.3, 0.4) is 0 Å². The first-order valence-corrected chi connectivity index (χ1v) is 6.58. The van der Waals surface area contributed by atoms with E-state index in [4.69, 9.17) is 18.8 Å². The highest BCUT2D eigenvalue weighted by Gasteiger charge is 2.55. The minimum Gasteiger partial charge on any atom is -0.466 e. The van der Waals surface area contributed by atoms with Gasteiger partial charge in [-0.15, -0.1) is 0 Å². The summed E-state index contributed by atoms with van der Waals surface area (Å²) in [6.07, 6.45) is 0.832. The van der Waals surface area contributed by atoms with Crippen molar-refractivity contribution in [2.24, 2.45) is 0 Å². The van der Waals surface area contributed by atoms with E-state index in [1.807, 2.05) is 20.8 Å². The van der Waals surface area contributed by atoms with Crippen molar-refractivity contribution in [1.29, 1.82) is 0 Å². The molecule has 0 aromatic rings. The van der Waals surface area contributed by atoms with E-state index in [2.05, 4.69) is 6.92 Å². The van der Waals surface area contributed by atoms with Gasteiger partial charge in [-0.3, -0.25) is 0 Å². The lowest BCUT2D eigenvalue weighted by Gasteiger charge is -2.35. The Hall–Kier alpha value is -0.845. The zero-order chi connectivity index (χ0) is 14.3. The van der Waals surface area contributed by atoms with Crippen LogP contribution in [0, 0.1) is 0 Å². The Bertz CT molecular complexity index is 417. The minimum absolute atomic E-state index is 0.258. The zero-order valence-corrected chi connectivity index (χ0v) is 12.2. The Morgan fingerprint density at radius 2 is 2.00 bits per heavy atom. The molecule has 0 N–H and O–H groups in total. The molecular formula is C13H21BO5. The number of carbonyl (C=O) groups is 1. The van der Waals surface area contributed by atoms with E-state index in [0.717, 1.165) is 11.9 Å². The summed E-state index contributed by atoms with van der Waals surface area (Å²) in [6, 6.07) is 0. The van der Waals surface area contributed by atoms with Crippen LogP contribution >= 0.6 is 0 Å². The first-order valence-electron chi connectivity index (χ1n) is 6.58. The maximum Gasteiger partial charge on any atom is 0.493 e. The molecule has 2 rings (SSSR count). The summed E-state index contributed by atoms with van der Waals surface area (Å²) in [5.74, 6) is -0.373. The molecule has 1 unspecified atom stereocenters. The highest BCUT2D eigenvalue weighted by Crippen LogP contribution is 2.42. The van der Waals surface area contributed by atoms with Gasteiger partial charge < -0.3 is 18.8 Å². The maximum absolute atomic E-state index is 11.7. The van der Waals surface area contributed by atoms with Crippen molar-refractivity contribution in [2.75, 3.05) is 20.3 Å². The Morgan fingerprint density at radius 1 is 1.32 bits per heavy atom. The second-order valence-electron chi connectivity index (χ2n) is 5.65. The SMILES string of the molecule is CCC1(C)OB(C2=C(C(=O)OC)COC2)OC1(C)C. The van der Waals surface area contributed by atoms with Gasteiger partial charge in [0.05, 0.1) is 37.1 Å². The first-order chi connectivity index (χ1) is 8.84. The number of hydrogen-bond acceptors (Lipinski definition) is 5. The van der Waals surface area contributed by atoms with Gasteiger partial charge in [0, 0.05) is 0 Å². The van der Waals surface area contributed by atoms with Crippen molar-refractivity contribution in [3.63, 3.8) is 0 Å². The van der Waals surface area contributed by atoms with E-state index in [-0.39, 0.29) is 18.2 Å². The summed E-state index contributed by atoms with van der Waals surface area (Å²) in [7, 11) is 0.832. The third-order valence-electron chi connectivity index (χ3n) is 4.32. The molecule has 0 aliphatic carbocycles. The molecule has 0 amide bonds. The van der Waals surface area contributed by atoms with Gasteiger partial charge in [0.2, 0.25) is 0 Å². The van der Waals surface area contributed by atoms with Gasteiger partial charge in [-0.1, -0.05) is 6.92 Å². The fraction of sp³-hybridized carbons (Fsp3) is 0.769. The number of carbonyl (C=O) groups excluding carboxylic acids is 1. The van der Waals surface area contributed by atoms with Crippen molar-refractivity contribution in [1.82, 2.24) is 0 Å². The molecule has 0 spiro atoms. The Morgan fingerprint density at radius 3 is 2.53 bits per heavy atom. The summed E-state index contributed by atoms with van der Waals surface area (Å²) < 4.78 is 22.2.